The van der Waals surface area contributed by atoms with E-state index in [1.807, 2.05) is 12.1 Å². The average Bonchev–Trinajstić information content (AvgIpc) is 2.72. The number of likely N-dealkylation sites (tertiary alicyclic amines) is 1. The number of nitrogens with two attached hydrogens (primary N) is 1. The molecule has 2 aliphatic rings. The molecule has 4 nitrogen and oxygen atoms in total. The van der Waals surface area contributed by atoms with Crippen molar-refractivity contribution in [2.75, 3.05) is 33.4 Å². The third-order valence-corrected chi connectivity index (χ3v) is 4.89. The first-order valence-corrected chi connectivity index (χ1v) is 8.43. The van der Waals surface area contributed by atoms with E-state index in [1.165, 1.54) is 0 Å². The number of hydrogen-bond acceptors (Lipinski definition) is 4. The zero-order chi connectivity index (χ0) is 16.6. The maximum atomic E-state index is 14.9. The molecule has 5 heteroatoms. The van der Waals surface area contributed by atoms with E-state index in [0.29, 0.717) is 37.0 Å². The van der Waals surface area contributed by atoms with Crippen LogP contribution >= 0.6 is 0 Å². The Hall–Kier alpha value is -1.33. The lowest BCUT2D eigenvalue weighted by Crippen LogP contribution is -2.23. The highest BCUT2D eigenvalue weighted by molar-refractivity contribution is 5.50. The summed E-state index contributed by atoms with van der Waals surface area (Å²) in [6, 6.07) is 3.99. The Kier molecular flexibility index (Phi) is 4.52. The fraction of sp³-hybridized carbons (Fsp3) is 0.667. The number of hydrogen-bond donors (Lipinski definition) is 1. The number of fused-ring (bicyclic) bond motifs is 1. The summed E-state index contributed by atoms with van der Waals surface area (Å²) in [5, 5.41) is 0. The van der Waals surface area contributed by atoms with Crippen molar-refractivity contribution in [1.29, 1.82) is 0 Å². The molecule has 2 N–H and O–H groups in total. The molecule has 0 aromatic heterocycles. The normalized spacial score (nSPS) is 25.4. The first kappa shape index (κ1) is 16.5. The molecule has 1 aromatic rings. The molecule has 23 heavy (non-hydrogen) atoms. The lowest BCUT2D eigenvalue weighted by atomic mass is 9.88. The van der Waals surface area contributed by atoms with Crippen LogP contribution in [0.25, 0.3) is 0 Å². The third kappa shape index (κ3) is 3.31. The Balaban J connectivity index is 2.05. The number of halogens is 1. The molecule has 1 saturated heterocycles. The highest BCUT2D eigenvalue weighted by Gasteiger charge is 2.35. The Morgan fingerprint density at radius 2 is 1.91 bits per heavy atom. The van der Waals surface area contributed by atoms with E-state index in [0.717, 1.165) is 30.7 Å². The van der Waals surface area contributed by atoms with Crippen LogP contribution in [-0.4, -0.2) is 38.3 Å². The van der Waals surface area contributed by atoms with E-state index in [9.17, 15) is 4.39 Å². The maximum absolute atomic E-state index is 14.9. The number of benzene rings is 1. The van der Waals surface area contributed by atoms with E-state index >= 15 is 0 Å². The summed E-state index contributed by atoms with van der Waals surface area (Å²) in [5.41, 5.74) is 6.11. The second-order valence-corrected chi connectivity index (χ2v) is 7.20. The largest absolute Gasteiger partial charge is 0.490 e. The van der Waals surface area contributed by atoms with Gasteiger partial charge in [-0.15, -0.1) is 0 Å². The molecule has 0 saturated carbocycles. The van der Waals surface area contributed by atoms with Gasteiger partial charge in [-0.2, -0.15) is 0 Å². The van der Waals surface area contributed by atoms with Gasteiger partial charge in [0.15, 0.2) is 11.5 Å². The fourth-order valence-electron chi connectivity index (χ4n) is 3.65. The van der Waals surface area contributed by atoms with Crippen LogP contribution < -0.4 is 15.2 Å². The van der Waals surface area contributed by atoms with Crippen LogP contribution in [0.5, 0.6) is 11.5 Å². The molecule has 0 bridgehead atoms. The molecule has 128 valence electrons. The summed E-state index contributed by atoms with van der Waals surface area (Å²) in [7, 11) is 2.08. The molecule has 2 unspecified atom stereocenters. The molecule has 1 aromatic carbocycles. The summed E-state index contributed by atoms with van der Waals surface area (Å²) in [6.07, 6.45) is 1.80. The van der Waals surface area contributed by atoms with E-state index in [1.54, 1.807) is 13.8 Å². The summed E-state index contributed by atoms with van der Waals surface area (Å²) < 4.78 is 26.4. The summed E-state index contributed by atoms with van der Waals surface area (Å²) in [4.78, 5) is 2.27. The third-order valence-electron chi connectivity index (χ3n) is 4.89. The Morgan fingerprint density at radius 3 is 2.48 bits per heavy atom. The molecule has 0 amide bonds. The zero-order valence-electron chi connectivity index (χ0n) is 14.3. The van der Waals surface area contributed by atoms with Crippen molar-refractivity contribution in [2.45, 2.75) is 38.4 Å². The number of ether oxygens (including phenoxy) is 2. The van der Waals surface area contributed by atoms with E-state index < -0.39 is 5.67 Å². The summed E-state index contributed by atoms with van der Waals surface area (Å²) in [5.74, 6) is 1.84. The van der Waals surface area contributed by atoms with E-state index in [-0.39, 0.29) is 6.04 Å². The van der Waals surface area contributed by atoms with Gasteiger partial charge in [-0.25, -0.2) is 4.39 Å². The van der Waals surface area contributed by atoms with Gasteiger partial charge >= 0.3 is 0 Å². The number of rotatable bonds is 3. The van der Waals surface area contributed by atoms with Gasteiger partial charge in [-0.1, -0.05) is 0 Å². The smallest absolute Gasteiger partial charge is 0.161 e. The predicted octanol–water partition coefficient (Wildman–Crippen LogP) is 3.00. The SMILES string of the molecule is CN1CC(CN)CC1c1cc2c(cc1C(C)(C)F)OCCCO2. The van der Waals surface area contributed by atoms with Gasteiger partial charge in [0.25, 0.3) is 0 Å². The first-order chi connectivity index (χ1) is 10.9. The highest BCUT2D eigenvalue weighted by atomic mass is 19.1. The molecule has 0 radical (unpaired) electrons. The zero-order valence-corrected chi connectivity index (χ0v) is 14.3. The number of nitrogens with zero attached hydrogens (tertiary/aromatic N) is 1. The molecule has 0 spiro atoms. The van der Waals surface area contributed by atoms with Crippen molar-refractivity contribution in [3.63, 3.8) is 0 Å². The van der Waals surface area contributed by atoms with E-state index in [4.69, 9.17) is 15.2 Å². The van der Waals surface area contributed by atoms with Crippen LogP contribution in [0.3, 0.4) is 0 Å². The van der Waals surface area contributed by atoms with Crippen molar-refractivity contribution in [2.24, 2.45) is 11.7 Å². The fourth-order valence-corrected chi connectivity index (χ4v) is 3.65. The van der Waals surface area contributed by atoms with Crippen LogP contribution in [0.1, 0.15) is 43.9 Å². The minimum absolute atomic E-state index is 0.172. The molecule has 2 heterocycles. The van der Waals surface area contributed by atoms with Crippen molar-refractivity contribution in [3.05, 3.63) is 23.3 Å². The monoisotopic (exact) mass is 322 g/mol. The van der Waals surface area contributed by atoms with Gasteiger partial charge in [-0.3, -0.25) is 4.90 Å². The second-order valence-electron chi connectivity index (χ2n) is 7.20. The molecule has 3 rings (SSSR count). The lowest BCUT2D eigenvalue weighted by molar-refractivity contribution is 0.212. The van der Waals surface area contributed by atoms with Crippen molar-refractivity contribution >= 4 is 0 Å². The Labute approximate surface area is 137 Å². The maximum Gasteiger partial charge on any atom is 0.161 e. The van der Waals surface area contributed by atoms with Crippen molar-refractivity contribution in [3.8, 4) is 11.5 Å². The molecular formula is C18H27FN2O2. The van der Waals surface area contributed by atoms with Crippen LogP contribution in [0, 0.1) is 5.92 Å². The minimum Gasteiger partial charge on any atom is -0.490 e. The van der Waals surface area contributed by atoms with Crippen molar-refractivity contribution < 1.29 is 13.9 Å². The Morgan fingerprint density at radius 1 is 1.26 bits per heavy atom. The van der Waals surface area contributed by atoms with Crippen LogP contribution in [0.2, 0.25) is 0 Å². The van der Waals surface area contributed by atoms with Gasteiger partial charge in [0, 0.05) is 19.0 Å². The quantitative estimate of drug-likeness (QED) is 0.929. The van der Waals surface area contributed by atoms with Crippen LogP contribution in [-0.2, 0) is 5.67 Å². The van der Waals surface area contributed by atoms with Crippen molar-refractivity contribution in [1.82, 2.24) is 4.90 Å². The molecule has 1 fully saturated rings. The standard InChI is InChI=1S/C18H27FN2O2/c1-18(2,19)14-9-17-16(22-5-4-6-23-17)8-13(14)15-7-12(10-20)11-21(15)3/h8-9,12,15H,4-7,10-11,20H2,1-3H3. The lowest BCUT2D eigenvalue weighted by Gasteiger charge is -2.28. The summed E-state index contributed by atoms with van der Waals surface area (Å²) in [6.45, 7) is 6.06. The highest BCUT2D eigenvalue weighted by Crippen LogP contribution is 2.44. The second kappa shape index (κ2) is 6.29. The predicted molar refractivity (Wildman–Crippen MR) is 88.7 cm³/mol. The van der Waals surface area contributed by atoms with Gasteiger partial charge in [0.05, 0.1) is 13.2 Å². The molecule has 0 aliphatic carbocycles. The van der Waals surface area contributed by atoms with Gasteiger partial charge < -0.3 is 15.2 Å². The molecular weight excluding hydrogens is 295 g/mol. The van der Waals surface area contributed by atoms with Crippen LogP contribution in [0.4, 0.5) is 4.39 Å². The molecule has 2 aliphatic heterocycles. The minimum atomic E-state index is -1.43. The van der Waals surface area contributed by atoms with Gasteiger partial charge in [0.1, 0.15) is 5.67 Å². The van der Waals surface area contributed by atoms with Gasteiger partial charge in [0.2, 0.25) is 0 Å². The molecule has 2 atom stereocenters. The first-order valence-electron chi connectivity index (χ1n) is 8.43. The van der Waals surface area contributed by atoms with Crippen LogP contribution in [0.15, 0.2) is 12.1 Å². The summed E-state index contributed by atoms with van der Waals surface area (Å²) >= 11 is 0. The Bertz CT molecular complexity index is 571. The number of alkyl halides is 1. The van der Waals surface area contributed by atoms with E-state index in [2.05, 4.69) is 11.9 Å². The average molecular weight is 322 g/mol. The van der Waals surface area contributed by atoms with Gasteiger partial charge in [-0.05, 0) is 63.0 Å². The topological polar surface area (TPSA) is 47.7 Å².